The first-order valence-corrected chi connectivity index (χ1v) is 6.14. The number of benzene rings is 1. The van der Waals surface area contributed by atoms with Crippen LogP contribution in [0.5, 0.6) is 0 Å². The number of aromatic nitrogens is 2. The Hall–Kier alpha value is -1.56. The minimum atomic E-state index is -4.19. The van der Waals surface area contributed by atoms with Crippen molar-refractivity contribution in [3.8, 4) is 0 Å². The fraction of sp³-hybridized carbons (Fsp3) is 0.462. The van der Waals surface area contributed by atoms with Crippen molar-refractivity contribution in [2.24, 2.45) is 0 Å². The molecular formula is C13H16F3N3. The number of hydrogen-bond acceptors (Lipinski definition) is 2. The molecule has 0 bridgehead atoms. The molecule has 1 aromatic heterocycles. The van der Waals surface area contributed by atoms with E-state index in [1.54, 1.807) is 0 Å². The van der Waals surface area contributed by atoms with Crippen LogP contribution < -0.4 is 5.32 Å². The lowest BCUT2D eigenvalue weighted by Crippen LogP contribution is -2.29. The van der Waals surface area contributed by atoms with Gasteiger partial charge in [-0.25, -0.2) is 4.98 Å². The number of hydrogen-bond donors (Lipinski definition) is 1. The highest BCUT2D eigenvalue weighted by Crippen LogP contribution is 2.18. The maximum Gasteiger partial charge on any atom is 0.401 e. The molecule has 0 fully saturated rings. The molecule has 0 radical (unpaired) electrons. The second-order valence-electron chi connectivity index (χ2n) is 4.48. The standard InChI is InChI=1S/C13H16F3N3/c1-3-19-11-5-4-9(2)6-10(11)18-12(19)7-17-8-13(14,15)16/h4-6,17H,3,7-8H2,1-2H3. The Morgan fingerprint density at radius 2 is 2.05 bits per heavy atom. The Morgan fingerprint density at radius 3 is 2.68 bits per heavy atom. The van der Waals surface area contributed by atoms with Crippen molar-refractivity contribution < 1.29 is 13.2 Å². The predicted octanol–water partition coefficient (Wildman–Crippen LogP) is 3.02. The highest BCUT2D eigenvalue weighted by atomic mass is 19.4. The fourth-order valence-electron chi connectivity index (χ4n) is 2.09. The SMILES string of the molecule is CCn1c(CNCC(F)(F)F)nc2cc(C)ccc21. The molecule has 104 valence electrons. The van der Waals surface area contributed by atoms with Crippen LogP contribution in [0.15, 0.2) is 18.2 Å². The summed E-state index contributed by atoms with van der Waals surface area (Å²) in [6.45, 7) is 3.71. The maximum absolute atomic E-state index is 12.1. The molecule has 2 rings (SSSR count). The van der Waals surface area contributed by atoms with E-state index in [-0.39, 0.29) is 6.54 Å². The van der Waals surface area contributed by atoms with Gasteiger partial charge in [0.1, 0.15) is 5.82 Å². The summed E-state index contributed by atoms with van der Waals surface area (Å²) in [6, 6.07) is 5.87. The summed E-state index contributed by atoms with van der Waals surface area (Å²) in [5.74, 6) is 0.632. The van der Waals surface area contributed by atoms with E-state index in [2.05, 4.69) is 10.3 Å². The number of alkyl halides is 3. The lowest BCUT2D eigenvalue weighted by Gasteiger charge is -2.09. The van der Waals surface area contributed by atoms with E-state index in [0.717, 1.165) is 16.6 Å². The Morgan fingerprint density at radius 1 is 1.32 bits per heavy atom. The molecule has 19 heavy (non-hydrogen) atoms. The number of nitrogens with zero attached hydrogens (tertiary/aromatic N) is 2. The molecule has 0 saturated heterocycles. The molecule has 0 amide bonds. The summed E-state index contributed by atoms with van der Waals surface area (Å²) in [6.07, 6.45) is -4.19. The van der Waals surface area contributed by atoms with Crippen molar-refractivity contribution in [2.75, 3.05) is 6.54 Å². The normalized spacial score (nSPS) is 12.3. The molecule has 1 N–H and O–H groups in total. The average Bonchev–Trinajstić information content (AvgIpc) is 2.63. The topological polar surface area (TPSA) is 29.9 Å². The quantitative estimate of drug-likeness (QED) is 0.926. The van der Waals surface area contributed by atoms with Crippen molar-refractivity contribution in [1.29, 1.82) is 0 Å². The second kappa shape index (κ2) is 5.21. The van der Waals surface area contributed by atoms with Gasteiger partial charge in [-0.05, 0) is 31.5 Å². The van der Waals surface area contributed by atoms with E-state index < -0.39 is 12.7 Å². The minimum Gasteiger partial charge on any atom is -0.327 e. The third-order valence-electron chi connectivity index (χ3n) is 2.91. The van der Waals surface area contributed by atoms with Gasteiger partial charge in [-0.1, -0.05) is 6.07 Å². The van der Waals surface area contributed by atoms with Gasteiger partial charge in [-0.15, -0.1) is 0 Å². The van der Waals surface area contributed by atoms with Gasteiger partial charge in [-0.3, -0.25) is 0 Å². The molecule has 0 aliphatic heterocycles. The van der Waals surface area contributed by atoms with Crippen LogP contribution in [0.4, 0.5) is 13.2 Å². The first kappa shape index (κ1) is 13.9. The zero-order chi connectivity index (χ0) is 14.0. The van der Waals surface area contributed by atoms with E-state index >= 15 is 0 Å². The first-order valence-electron chi connectivity index (χ1n) is 6.14. The van der Waals surface area contributed by atoms with Gasteiger partial charge in [0, 0.05) is 6.54 Å². The van der Waals surface area contributed by atoms with Gasteiger partial charge in [0.15, 0.2) is 0 Å². The Balaban J connectivity index is 2.22. The molecule has 0 saturated carbocycles. The molecule has 2 aromatic rings. The van der Waals surface area contributed by atoms with Crippen molar-refractivity contribution in [1.82, 2.24) is 14.9 Å². The third kappa shape index (κ3) is 3.26. The molecule has 0 aliphatic rings. The summed E-state index contributed by atoms with van der Waals surface area (Å²) >= 11 is 0. The van der Waals surface area contributed by atoms with Gasteiger partial charge < -0.3 is 9.88 Å². The Labute approximate surface area is 109 Å². The van der Waals surface area contributed by atoms with E-state index in [0.29, 0.717) is 12.4 Å². The zero-order valence-electron chi connectivity index (χ0n) is 10.9. The summed E-state index contributed by atoms with van der Waals surface area (Å²) in [5, 5.41) is 2.38. The molecule has 0 unspecified atom stereocenters. The first-order chi connectivity index (χ1) is 8.90. The van der Waals surface area contributed by atoms with Gasteiger partial charge in [0.25, 0.3) is 0 Å². The van der Waals surface area contributed by atoms with E-state index in [1.165, 1.54) is 0 Å². The number of nitrogens with one attached hydrogen (secondary N) is 1. The van der Waals surface area contributed by atoms with Crippen molar-refractivity contribution in [2.45, 2.75) is 33.1 Å². The number of aryl methyl sites for hydroxylation is 2. The highest BCUT2D eigenvalue weighted by molar-refractivity contribution is 5.76. The summed E-state index contributed by atoms with van der Waals surface area (Å²) < 4.78 is 38.3. The van der Waals surface area contributed by atoms with Crippen LogP contribution in [-0.2, 0) is 13.1 Å². The van der Waals surface area contributed by atoms with Crippen LogP contribution >= 0.6 is 0 Å². The average molecular weight is 271 g/mol. The number of imidazole rings is 1. The zero-order valence-corrected chi connectivity index (χ0v) is 10.9. The molecule has 0 spiro atoms. The highest BCUT2D eigenvalue weighted by Gasteiger charge is 2.26. The summed E-state index contributed by atoms with van der Waals surface area (Å²) in [5.41, 5.74) is 2.87. The maximum atomic E-state index is 12.1. The number of halogens is 3. The third-order valence-corrected chi connectivity index (χ3v) is 2.91. The monoisotopic (exact) mass is 271 g/mol. The molecule has 1 aromatic carbocycles. The molecular weight excluding hydrogens is 255 g/mol. The van der Waals surface area contributed by atoms with E-state index in [4.69, 9.17) is 0 Å². The largest absolute Gasteiger partial charge is 0.401 e. The second-order valence-corrected chi connectivity index (χ2v) is 4.48. The van der Waals surface area contributed by atoms with Crippen LogP contribution in [-0.4, -0.2) is 22.3 Å². The van der Waals surface area contributed by atoms with Crippen molar-refractivity contribution in [3.05, 3.63) is 29.6 Å². The number of fused-ring (bicyclic) bond motifs is 1. The van der Waals surface area contributed by atoms with Crippen LogP contribution in [0.25, 0.3) is 11.0 Å². The molecule has 3 nitrogen and oxygen atoms in total. The van der Waals surface area contributed by atoms with Crippen LogP contribution in [0.3, 0.4) is 0 Å². The molecule has 0 aliphatic carbocycles. The van der Waals surface area contributed by atoms with Crippen LogP contribution in [0.2, 0.25) is 0 Å². The fourth-order valence-corrected chi connectivity index (χ4v) is 2.09. The molecule has 1 heterocycles. The molecule has 6 heteroatoms. The van der Waals surface area contributed by atoms with Crippen LogP contribution in [0, 0.1) is 6.92 Å². The van der Waals surface area contributed by atoms with Crippen molar-refractivity contribution >= 4 is 11.0 Å². The van der Waals surface area contributed by atoms with Crippen molar-refractivity contribution in [3.63, 3.8) is 0 Å². The molecule has 0 atom stereocenters. The predicted molar refractivity (Wildman–Crippen MR) is 67.9 cm³/mol. The van der Waals surface area contributed by atoms with Gasteiger partial charge in [0.05, 0.1) is 24.1 Å². The van der Waals surface area contributed by atoms with Gasteiger partial charge >= 0.3 is 6.18 Å². The van der Waals surface area contributed by atoms with Gasteiger partial charge in [-0.2, -0.15) is 13.2 Å². The lowest BCUT2D eigenvalue weighted by atomic mass is 10.2. The lowest BCUT2D eigenvalue weighted by molar-refractivity contribution is -0.125. The van der Waals surface area contributed by atoms with E-state index in [9.17, 15) is 13.2 Å². The summed E-state index contributed by atoms with van der Waals surface area (Å²) in [4.78, 5) is 4.40. The van der Waals surface area contributed by atoms with Gasteiger partial charge in [0.2, 0.25) is 0 Å². The minimum absolute atomic E-state index is 0.112. The Bertz CT molecular complexity index is 572. The smallest absolute Gasteiger partial charge is 0.327 e. The number of rotatable bonds is 4. The Kier molecular flexibility index (Phi) is 3.80. The van der Waals surface area contributed by atoms with E-state index in [1.807, 2.05) is 36.6 Å². The van der Waals surface area contributed by atoms with Crippen LogP contribution in [0.1, 0.15) is 18.3 Å². The summed E-state index contributed by atoms with van der Waals surface area (Å²) in [7, 11) is 0.